The molecule has 0 radical (unpaired) electrons. The number of H-pyrrole nitrogens is 1. The van der Waals surface area contributed by atoms with Gasteiger partial charge in [0.2, 0.25) is 17.7 Å². The second-order valence-electron chi connectivity index (χ2n) is 9.58. The highest BCUT2D eigenvalue weighted by Crippen LogP contribution is 2.20. The number of likely N-dealkylation sites (tertiary alicyclic amines) is 1. The maximum Gasteiger partial charge on any atom is 0.326 e. The topological polar surface area (TPSA) is 191 Å². The molecule has 3 amide bonds. The van der Waals surface area contributed by atoms with Crippen molar-refractivity contribution in [3.63, 3.8) is 0 Å². The summed E-state index contributed by atoms with van der Waals surface area (Å²) < 4.78 is 0. The van der Waals surface area contributed by atoms with Gasteiger partial charge in [-0.1, -0.05) is 26.0 Å². The minimum absolute atomic E-state index is 0.0473. The third-order valence-electron chi connectivity index (χ3n) is 6.39. The molecule has 37 heavy (non-hydrogen) atoms. The van der Waals surface area contributed by atoms with E-state index in [1.54, 1.807) is 32.2 Å². The van der Waals surface area contributed by atoms with Crippen LogP contribution in [0.3, 0.4) is 0 Å². The quantitative estimate of drug-likeness (QED) is 0.240. The van der Waals surface area contributed by atoms with E-state index >= 15 is 0 Å². The van der Waals surface area contributed by atoms with Crippen molar-refractivity contribution in [2.75, 3.05) is 6.54 Å². The van der Waals surface area contributed by atoms with Gasteiger partial charge in [0.1, 0.15) is 23.9 Å². The van der Waals surface area contributed by atoms with Gasteiger partial charge in [-0.15, -0.1) is 0 Å². The standard InChI is InChI=1S/C25H34N6O6/c1-14(2)21(25(36)37)30-22(33)19(10-15-5-7-17(32)8-6-15)29-23(34)20-4-3-9-31(20)24(35)18(26)11-16-12-27-13-28-16/h5-8,12-14,18-21,32H,3-4,9-11,26H2,1-2H3,(H,27,28)(H,29,34)(H,30,33)(H,36,37). The Morgan fingerprint density at radius 2 is 1.86 bits per heavy atom. The summed E-state index contributed by atoms with van der Waals surface area (Å²) in [5, 5.41) is 24.3. The van der Waals surface area contributed by atoms with Crippen LogP contribution in [0.5, 0.6) is 5.75 Å². The maximum atomic E-state index is 13.3. The summed E-state index contributed by atoms with van der Waals surface area (Å²) in [6.07, 6.45) is 4.38. The average molecular weight is 515 g/mol. The number of benzene rings is 1. The van der Waals surface area contributed by atoms with Gasteiger partial charge in [0.05, 0.1) is 12.4 Å². The van der Waals surface area contributed by atoms with Crippen LogP contribution in [0.15, 0.2) is 36.8 Å². The molecule has 2 aromatic rings. The summed E-state index contributed by atoms with van der Waals surface area (Å²) in [7, 11) is 0. The largest absolute Gasteiger partial charge is 0.508 e. The lowest BCUT2D eigenvalue weighted by Gasteiger charge is -2.29. The smallest absolute Gasteiger partial charge is 0.326 e. The zero-order valence-corrected chi connectivity index (χ0v) is 20.9. The van der Waals surface area contributed by atoms with Crippen LogP contribution >= 0.6 is 0 Å². The molecule has 7 N–H and O–H groups in total. The molecule has 12 heteroatoms. The number of nitrogens with zero attached hydrogens (tertiary/aromatic N) is 2. The van der Waals surface area contributed by atoms with Gasteiger partial charge in [0.25, 0.3) is 0 Å². The Morgan fingerprint density at radius 3 is 2.46 bits per heavy atom. The van der Waals surface area contributed by atoms with E-state index < -0.39 is 42.0 Å². The van der Waals surface area contributed by atoms with Crippen LogP contribution in [0, 0.1) is 5.92 Å². The molecular formula is C25H34N6O6. The van der Waals surface area contributed by atoms with Crippen molar-refractivity contribution in [2.24, 2.45) is 11.7 Å². The predicted octanol–water partition coefficient (Wildman–Crippen LogP) is -0.0710. The fourth-order valence-electron chi connectivity index (χ4n) is 4.35. The summed E-state index contributed by atoms with van der Waals surface area (Å²) in [6.45, 7) is 3.69. The Kier molecular flexibility index (Phi) is 9.23. The van der Waals surface area contributed by atoms with E-state index in [0.717, 1.165) is 0 Å². The molecule has 200 valence electrons. The van der Waals surface area contributed by atoms with Crippen molar-refractivity contribution in [1.29, 1.82) is 0 Å². The molecule has 2 heterocycles. The molecule has 1 aromatic heterocycles. The average Bonchev–Trinajstić information content (AvgIpc) is 3.54. The summed E-state index contributed by atoms with van der Waals surface area (Å²) in [6, 6.07) is 2.21. The lowest BCUT2D eigenvalue weighted by molar-refractivity contribution is -0.144. The van der Waals surface area contributed by atoms with E-state index in [4.69, 9.17) is 5.73 Å². The third-order valence-corrected chi connectivity index (χ3v) is 6.39. The van der Waals surface area contributed by atoms with Gasteiger partial charge in [0.15, 0.2) is 0 Å². The summed E-state index contributed by atoms with van der Waals surface area (Å²) >= 11 is 0. The van der Waals surface area contributed by atoms with E-state index in [1.165, 1.54) is 23.4 Å². The zero-order valence-electron chi connectivity index (χ0n) is 20.9. The van der Waals surface area contributed by atoms with Crippen LogP contribution in [0.25, 0.3) is 0 Å². The first-order valence-electron chi connectivity index (χ1n) is 12.2. The zero-order chi connectivity index (χ0) is 27.1. The minimum atomic E-state index is -1.18. The predicted molar refractivity (Wildman–Crippen MR) is 133 cm³/mol. The summed E-state index contributed by atoms with van der Waals surface area (Å²) in [5.41, 5.74) is 7.46. The number of phenols is 1. The number of phenolic OH excluding ortho intramolecular Hbond substituents is 1. The Labute approximate surface area is 214 Å². The minimum Gasteiger partial charge on any atom is -0.508 e. The highest BCUT2D eigenvalue weighted by atomic mass is 16.4. The molecule has 1 aromatic carbocycles. The first kappa shape index (κ1) is 27.7. The van der Waals surface area contributed by atoms with Gasteiger partial charge >= 0.3 is 5.97 Å². The molecule has 3 rings (SSSR count). The fourth-order valence-corrected chi connectivity index (χ4v) is 4.35. The number of imidazole rings is 1. The Bertz CT molecular complexity index is 1090. The first-order chi connectivity index (χ1) is 17.6. The lowest BCUT2D eigenvalue weighted by Crippen LogP contribution is -2.57. The summed E-state index contributed by atoms with van der Waals surface area (Å²) in [5.74, 6) is -3.07. The number of hydrogen-bond donors (Lipinski definition) is 6. The molecule has 4 atom stereocenters. The second-order valence-corrected chi connectivity index (χ2v) is 9.58. The number of carboxylic acid groups (broad SMARTS) is 1. The van der Waals surface area contributed by atoms with Crippen molar-refractivity contribution in [3.05, 3.63) is 48.0 Å². The van der Waals surface area contributed by atoms with Gasteiger partial charge in [-0.3, -0.25) is 14.4 Å². The molecule has 4 unspecified atom stereocenters. The number of aromatic amines is 1. The second kappa shape index (κ2) is 12.3. The molecule has 12 nitrogen and oxygen atoms in total. The van der Waals surface area contributed by atoms with Gasteiger partial charge in [-0.2, -0.15) is 0 Å². The third kappa shape index (κ3) is 7.29. The normalized spacial score (nSPS) is 17.7. The van der Waals surface area contributed by atoms with Gasteiger partial charge in [-0.05, 0) is 36.5 Å². The number of nitrogens with two attached hydrogens (primary N) is 1. The van der Waals surface area contributed by atoms with E-state index in [-0.39, 0.29) is 30.4 Å². The van der Waals surface area contributed by atoms with Gasteiger partial charge in [-0.25, -0.2) is 9.78 Å². The molecule has 0 bridgehead atoms. The Balaban J connectivity index is 1.74. The molecule has 1 aliphatic heterocycles. The molecule has 0 spiro atoms. The van der Waals surface area contributed by atoms with E-state index in [2.05, 4.69) is 20.6 Å². The van der Waals surface area contributed by atoms with Crippen LogP contribution in [-0.2, 0) is 32.0 Å². The van der Waals surface area contributed by atoms with Crippen LogP contribution in [0.1, 0.15) is 37.9 Å². The van der Waals surface area contributed by atoms with Gasteiger partial charge < -0.3 is 36.5 Å². The number of carbonyl (C=O) groups is 4. The molecule has 1 aliphatic rings. The number of aromatic hydroxyl groups is 1. The number of nitrogens with one attached hydrogen (secondary N) is 3. The monoisotopic (exact) mass is 514 g/mol. The number of amides is 3. The molecule has 0 aliphatic carbocycles. The number of carboxylic acids is 1. The molecule has 1 saturated heterocycles. The highest BCUT2D eigenvalue weighted by Gasteiger charge is 2.38. The van der Waals surface area contributed by atoms with Crippen LogP contribution in [0.2, 0.25) is 0 Å². The van der Waals surface area contributed by atoms with Crippen LogP contribution < -0.4 is 16.4 Å². The molecule has 0 saturated carbocycles. The maximum absolute atomic E-state index is 13.3. The highest BCUT2D eigenvalue weighted by molar-refractivity contribution is 5.94. The van der Waals surface area contributed by atoms with E-state index in [1.807, 2.05) is 0 Å². The Hall–Kier alpha value is -3.93. The first-order valence-corrected chi connectivity index (χ1v) is 12.2. The number of aromatic nitrogens is 2. The van der Waals surface area contributed by atoms with Crippen molar-refractivity contribution >= 4 is 23.7 Å². The van der Waals surface area contributed by atoms with Crippen molar-refractivity contribution in [1.82, 2.24) is 25.5 Å². The molecule has 1 fully saturated rings. The number of rotatable bonds is 11. The SMILES string of the molecule is CC(C)C(NC(=O)C(Cc1ccc(O)cc1)NC(=O)C1CCCN1C(=O)C(N)Cc1cnc[nH]1)C(=O)O. The summed E-state index contributed by atoms with van der Waals surface area (Å²) in [4.78, 5) is 59.4. The van der Waals surface area contributed by atoms with Crippen molar-refractivity contribution in [3.8, 4) is 5.75 Å². The van der Waals surface area contributed by atoms with E-state index in [0.29, 0.717) is 30.6 Å². The van der Waals surface area contributed by atoms with Gasteiger partial charge in [0, 0.05) is 31.3 Å². The number of carbonyl (C=O) groups excluding carboxylic acids is 3. The van der Waals surface area contributed by atoms with Crippen LogP contribution in [-0.4, -0.2) is 79.5 Å². The number of aliphatic carboxylic acids is 1. The Morgan fingerprint density at radius 1 is 1.16 bits per heavy atom. The fraction of sp³-hybridized carbons (Fsp3) is 0.480. The number of hydrogen-bond acceptors (Lipinski definition) is 7. The van der Waals surface area contributed by atoms with Crippen molar-refractivity contribution < 1.29 is 29.4 Å². The molecular weight excluding hydrogens is 480 g/mol. The van der Waals surface area contributed by atoms with Crippen LogP contribution in [0.4, 0.5) is 0 Å². The van der Waals surface area contributed by atoms with E-state index in [9.17, 15) is 29.4 Å². The lowest BCUT2D eigenvalue weighted by atomic mass is 10.0. The van der Waals surface area contributed by atoms with Crippen molar-refractivity contribution in [2.45, 2.75) is 63.7 Å².